The van der Waals surface area contributed by atoms with Gasteiger partial charge in [0.1, 0.15) is 30.2 Å². The SMILES string of the molecule is COC(=O)N[C@H](C(=O)N1CCC[C@H]1C1Nc2ccccc2N1[C@@H]1CC[C@H](c2ccc3[nH]c([C@@H]4CCCN4C(=O)[C@H](C(C)C)N(C)C(=O)O)nc3c2)N1c1ccc(C(C)(C)C)cc1)C(C)C. The molecule has 7 atom stereocenters. The topological polar surface area (TPSA) is 167 Å². The number of likely N-dealkylation sites (N-methyl/N-ethyl adjacent to an activating group) is 1. The van der Waals surface area contributed by atoms with Crippen LogP contribution in [0.2, 0.25) is 0 Å². The summed E-state index contributed by atoms with van der Waals surface area (Å²) in [5, 5.41) is 16.5. The summed E-state index contributed by atoms with van der Waals surface area (Å²) in [7, 11) is 2.78. The van der Waals surface area contributed by atoms with E-state index in [1.807, 2.05) is 43.6 Å². The first kappa shape index (κ1) is 45.6. The van der Waals surface area contributed by atoms with Crippen LogP contribution in [0.15, 0.2) is 66.7 Å². The van der Waals surface area contributed by atoms with E-state index < -0.39 is 24.3 Å². The first-order valence-corrected chi connectivity index (χ1v) is 23.4. The Morgan fingerprint density at radius 3 is 2.23 bits per heavy atom. The second-order valence-corrected chi connectivity index (χ2v) is 20.1. The lowest BCUT2D eigenvalue weighted by Crippen LogP contribution is -2.60. The molecule has 15 nitrogen and oxygen atoms in total. The zero-order chi connectivity index (χ0) is 46.5. The van der Waals surface area contributed by atoms with Crippen LogP contribution in [0.3, 0.4) is 0 Å². The van der Waals surface area contributed by atoms with Gasteiger partial charge in [-0.05, 0) is 103 Å². The van der Waals surface area contributed by atoms with Crippen molar-refractivity contribution in [1.82, 2.24) is 30.0 Å². The minimum atomic E-state index is -1.13. The Bertz CT molecular complexity index is 2390. The van der Waals surface area contributed by atoms with Crippen molar-refractivity contribution in [2.45, 2.75) is 135 Å². The van der Waals surface area contributed by atoms with Crippen LogP contribution in [0.25, 0.3) is 11.0 Å². The Hall–Kier alpha value is -5.99. The van der Waals surface area contributed by atoms with Gasteiger partial charge in [0, 0.05) is 25.8 Å². The predicted molar refractivity (Wildman–Crippen MR) is 253 cm³/mol. The lowest BCUT2D eigenvalue weighted by atomic mass is 9.87. The standard InChI is InChI=1S/C50H67N9O6/c1-29(2)42(54-48(62)65-9)46(60)57-27-13-17-40(57)45-53-35-14-10-11-15-38(35)59(45)41-25-24-37(58(41)33-21-19-32(20-22-33)50(5,6)7)31-18-23-34-36(28-31)52-44(51-34)39-16-12-26-56(39)47(61)43(30(3)4)55(8)49(63)64/h10-11,14-15,18-23,28-30,37,39-43,45,53H,12-13,16-17,24-27H2,1-9H3,(H,51,52)(H,54,62)(H,63,64)/t37-,39+,40+,41-,42+,43+,45?/m1/s1. The van der Waals surface area contributed by atoms with Gasteiger partial charge in [0.2, 0.25) is 11.8 Å². The van der Waals surface area contributed by atoms with Crippen LogP contribution in [-0.2, 0) is 19.7 Å². The van der Waals surface area contributed by atoms with Gasteiger partial charge in [-0.25, -0.2) is 14.6 Å². The molecule has 15 heteroatoms. The number of amides is 4. The van der Waals surface area contributed by atoms with Crippen LogP contribution in [-0.4, -0.2) is 111 Å². The predicted octanol–water partition coefficient (Wildman–Crippen LogP) is 8.46. The fourth-order valence-corrected chi connectivity index (χ4v) is 10.9. The lowest BCUT2D eigenvalue weighted by molar-refractivity contribution is -0.138. The highest BCUT2D eigenvalue weighted by molar-refractivity contribution is 5.88. The number of para-hydroxylation sites is 2. The molecule has 3 fully saturated rings. The molecule has 8 rings (SSSR count). The number of alkyl carbamates (subject to hydrolysis) is 1. The molecule has 3 saturated heterocycles. The van der Waals surface area contributed by atoms with Crippen molar-refractivity contribution < 1.29 is 29.0 Å². The number of imidazole rings is 1. The lowest BCUT2D eigenvalue weighted by Gasteiger charge is -2.44. The molecule has 65 heavy (non-hydrogen) atoms. The molecule has 4 N–H and O–H groups in total. The Labute approximate surface area is 382 Å². The third-order valence-corrected chi connectivity index (χ3v) is 14.2. The number of aromatic amines is 1. The number of carboxylic acid groups (broad SMARTS) is 1. The molecule has 4 aromatic rings. The summed E-state index contributed by atoms with van der Waals surface area (Å²) in [4.78, 5) is 71.5. The average molecular weight is 890 g/mol. The van der Waals surface area contributed by atoms with Gasteiger partial charge in [-0.3, -0.25) is 14.5 Å². The number of fused-ring (bicyclic) bond motifs is 2. The molecule has 0 aliphatic carbocycles. The third kappa shape index (κ3) is 8.65. The Kier molecular flexibility index (Phi) is 12.7. The Morgan fingerprint density at radius 1 is 0.846 bits per heavy atom. The van der Waals surface area contributed by atoms with E-state index in [9.17, 15) is 24.3 Å². The van der Waals surface area contributed by atoms with Crippen molar-refractivity contribution in [2.24, 2.45) is 11.8 Å². The van der Waals surface area contributed by atoms with E-state index in [2.05, 4.69) is 107 Å². The molecule has 3 aromatic carbocycles. The molecule has 1 unspecified atom stereocenters. The number of carbonyl (C=O) groups is 4. The van der Waals surface area contributed by atoms with Gasteiger partial charge in [0.25, 0.3) is 0 Å². The molecule has 348 valence electrons. The van der Waals surface area contributed by atoms with Crippen molar-refractivity contribution in [3.05, 3.63) is 83.7 Å². The number of anilines is 3. The Balaban J connectivity index is 1.15. The van der Waals surface area contributed by atoms with E-state index in [0.29, 0.717) is 18.9 Å². The van der Waals surface area contributed by atoms with Crippen molar-refractivity contribution >= 4 is 52.1 Å². The first-order valence-electron chi connectivity index (χ1n) is 23.4. The minimum absolute atomic E-state index is 0.0164. The molecule has 4 aliphatic rings. The molecule has 0 radical (unpaired) electrons. The second kappa shape index (κ2) is 18.1. The van der Waals surface area contributed by atoms with Crippen LogP contribution < -0.4 is 20.4 Å². The van der Waals surface area contributed by atoms with Crippen LogP contribution in [0.4, 0.5) is 26.7 Å². The van der Waals surface area contributed by atoms with E-state index in [4.69, 9.17) is 9.72 Å². The highest BCUT2D eigenvalue weighted by Gasteiger charge is 2.49. The number of H-pyrrole nitrogens is 1. The quantitative estimate of drug-likeness (QED) is 0.115. The van der Waals surface area contributed by atoms with E-state index in [1.54, 1.807) is 0 Å². The van der Waals surface area contributed by atoms with Crippen molar-refractivity contribution in [3.63, 3.8) is 0 Å². The number of hydrogen-bond donors (Lipinski definition) is 4. The first-order chi connectivity index (χ1) is 31.0. The van der Waals surface area contributed by atoms with Crippen LogP contribution in [0.1, 0.15) is 116 Å². The monoisotopic (exact) mass is 890 g/mol. The number of carbonyl (C=O) groups excluding carboxylic acids is 3. The van der Waals surface area contributed by atoms with Crippen LogP contribution >= 0.6 is 0 Å². The van der Waals surface area contributed by atoms with Gasteiger partial charge in [0.15, 0.2) is 0 Å². The Morgan fingerprint density at radius 2 is 1.55 bits per heavy atom. The number of hydrogen-bond acceptors (Lipinski definition) is 9. The number of aromatic nitrogens is 2. The molecule has 0 saturated carbocycles. The van der Waals surface area contributed by atoms with E-state index >= 15 is 0 Å². The molecule has 1 aromatic heterocycles. The number of ether oxygens (including phenoxy) is 1. The number of nitrogens with zero attached hydrogens (tertiary/aromatic N) is 6. The average Bonchev–Trinajstić information content (AvgIpc) is 4.13. The highest BCUT2D eigenvalue weighted by atomic mass is 16.5. The minimum Gasteiger partial charge on any atom is -0.465 e. The molecule has 0 bridgehead atoms. The van der Waals surface area contributed by atoms with E-state index in [-0.39, 0.29) is 59.5 Å². The van der Waals surface area contributed by atoms with Gasteiger partial charge >= 0.3 is 12.2 Å². The van der Waals surface area contributed by atoms with Gasteiger partial charge in [-0.15, -0.1) is 0 Å². The van der Waals surface area contributed by atoms with Gasteiger partial charge < -0.3 is 45.1 Å². The molecule has 4 amide bonds. The summed E-state index contributed by atoms with van der Waals surface area (Å²) in [5.41, 5.74) is 7.26. The largest absolute Gasteiger partial charge is 0.465 e. The third-order valence-electron chi connectivity index (χ3n) is 14.2. The molecule has 0 spiro atoms. The van der Waals surface area contributed by atoms with Crippen molar-refractivity contribution in [2.75, 3.05) is 42.4 Å². The maximum absolute atomic E-state index is 14.4. The van der Waals surface area contributed by atoms with Crippen molar-refractivity contribution in [3.8, 4) is 0 Å². The number of nitrogens with one attached hydrogen (secondary N) is 3. The summed E-state index contributed by atoms with van der Waals surface area (Å²) in [6, 6.07) is 21.9. The summed E-state index contributed by atoms with van der Waals surface area (Å²) in [6.07, 6.45) is 2.85. The van der Waals surface area contributed by atoms with Gasteiger partial charge in [0.05, 0.1) is 47.6 Å². The zero-order valence-electron chi connectivity index (χ0n) is 39.4. The maximum atomic E-state index is 14.4. The summed E-state index contributed by atoms with van der Waals surface area (Å²) < 4.78 is 4.93. The summed E-state index contributed by atoms with van der Waals surface area (Å²) in [5.74, 6) is 0.0760. The van der Waals surface area contributed by atoms with Gasteiger partial charge in [-0.2, -0.15) is 0 Å². The summed E-state index contributed by atoms with van der Waals surface area (Å²) >= 11 is 0. The highest BCUT2D eigenvalue weighted by Crippen LogP contribution is 2.48. The fourth-order valence-electron chi connectivity index (χ4n) is 10.9. The summed E-state index contributed by atoms with van der Waals surface area (Å²) in [6.45, 7) is 15.5. The smallest absolute Gasteiger partial charge is 0.407 e. The zero-order valence-corrected chi connectivity index (χ0v) is 39.4. The molecule has 4 aliphatic heterocycles. The maximum Gasteiger partial charge on any atom is 0.407 e. The molecular weight excluding hydrogens is 823 g/mol. The van der Waals surface area contributed by atoms with E-state index in [0.717, 1.165) is 77.1 Å². The van der Waals surface area contributed by atoms with E-state index in [1.165, 1.54) is 19.7 Å². The molecule has 5 heterocycles. The van der Waals surface area contributed by atoms with Crippen LogP contribution in [0.5, 0.6) is 0 Å². The number of benzene rings is 3. The van der Waals surface area contributed by atoms with Crippen LogP contribution in [0, 0.1) is 11.8 Å². The van der Waals surface area contributed by atoms with Crippen molar-refractivity contribution in [1.29, 1.82) is 0 Å². The number of methoxy groups -OCH3 is 1. The normalized spacial score (nSPS) is 23.0. The number of likely N-dealkylation sites (tertiary alicyclic amines) is 2. The second-order valence-electron chi connectivity index (χ2n) is 20.1. The number of rotatable bonds is 11. The molecular formula is C50H67N9O6. The fraction of sp³-hybridized carbons (Fsp3) is 0.540. The van der Waals surface area contributed by atoms with Gasteiger partial charge in [-0.1, -0.05) is 78.8 Å².